The summed E-state index contributed by atoms with van der Waals surface area (Å²) >= 11 is 5.99. The highest BCUT2D eigenvalue weighted by Crippen LogP contribution is 2.31. The van der Waals surface area contributed by atoms with Crippen LogP contribution in [-0.2, 0) is 0 Å². The Labute approximate surface area is 131 Å². The Hall–Kier alpha value is -2.66. The highest BCUT2D eigenvalue weighted by molar-refractivity contribution is 6.30. The zero-order valence-corrected chi connectivity index (χ0v) is 12.4. The van der Waals surface area contributed by atoms with Crippen LogP contribution < -0.4 is 0 Å². The van der Waals surface area contributed by atoms with Crippen molar-refractivity contribution < 1.29 is 9.90 Å². The first kappa shape index (κ1) is 14.3. The maximum atomic E-state index is 11.1. The molecule has 22 heavy (non-hydrogen) atoms. The average Bonchev–Trinajstić information content (AvgIpc) is 2.96. The van der Waals surface area contributed by atoms with Crippen molar-refractivity contribution in [2.75, 3.05) is 0 Å². The van der Waals surface area contributed by atoms with Crippen LogP contribution in [0.1, 0.15) is 15.9 Å². The molecule has 3 rings (SSSR count). The molecule has 0 saturated heterocycles. The number of carboxylic acid groups (broad SMARTS) is 1. The topological polar surface area (TPSA) is 78.9 Å². The van der Waals surface area contributed by atoms with E-state index >= 15 is 0 Å². The SMILES string of the molecule is Cc1cc(Cl)ccc1-c1[nH]cnc1-c1cc(C(=O)O)ccn1. The number of hydrogen-bond acceptors (Lipinski definition) is 3. The monoisotopic (exact) mass is 313 g/mol. The first-order valence-corrected chi connectivity index (χ1v) is 6.93. The van der Waals surface area contributed by atoms with E-state index in [-0.39, 0.29) is 5.56 Å². The quantitative estimate of drug-likeness (QED) is 0.771. The van der Waals surface area contributed by atoms with Gasteiger partial charge < -0.3 is 10.1 Å². The fourth-order valence-electron chi connectivity index (χ4n) is 2.29. The van der Waals surface area contributed by atoms with Crippen molar-refractivity contribution in [3.63, 3.8) is 0 Å². The molecule has 0 radical (unpaired) electrons. The number of hydrogen-bond donors (Lipinski definition) is 2. The van der Waals surface area contributed by atoms with Crippen LogP contribution in [-0.4, -0.2) is 26.0 Å². The molecule has 0 atom stereocenters. The number of rotatable bonds is 3. The van der Waals surface area contributed by atoms with Gasteiger partial charge in [0.1, 0.15) is 5.69 Å². The first-order chi connectivity index (χ1) is 10.6. The second kappa shape index (κ2) is 5.61. The Balaban J connectivity index is 2.13. The van der Waals surface area contributed by atoms with E-state index in [9.17, 15) is 4.79 Å². The molecule has 0 aliphatic heterocycles. The number of pyridine rings is 1. The van der Waals surface area contributed by atoms with Gasteiger partial charge in [-0.3, -0.25) is 4.98 Å². The van der Waals surface area contributed by atoms with E-state index in [1.165, 1.54) is 18.3 Å². The van der Waals surface area contributed by atoms with Crippen molar-refractivity contribution in [1.29, 1.82) is 0 Å². The lowest BCUT2D eigenvalue weighted by molar-refractivity contribution is 0.0697. The fraction of sp³-hybridized carbons (Fsp3) is 0.0625. The lowest BCUT2D eigenvalue weighted by Crippen LogP contribution is -1.98. The van der Waals surface area contributed by atoms with Crippen LogP contribution in [0, 0.1) is 6.92 Å². The molecule has 0 amide bonds. The second-order valence-corrected chi connectivity index (χ2v) is 5.26. The minimum atomic E-state index is -0.997. The number of imidazole rings is 1. The molecule has 0 spiro atoms. The summed E-state index contributed by atoms with van der Waals surface area (Å²) in [5.41, 5.74) is 4.00. The van der Waals surface area contributed by atoms with Gasteiger partial charge in [0.25, 0.3) is 0 Å². The number of carboxylic acids is 1. The third-order valence-corrected chi connectivity index (χ3v) is 3.58. The molecule has 110 valence electrons. The van der Waals surface area contributed by atoms with E-state index < -0.39 is 5.97 Å². The third kappa shape index (κ3) is 2.58. The molecule has 2 N–H and O–H groups in total. The molecular formula is C16H12ClN3O2. The van der Waals surface area contributed by atoms with Crippen molar-refractivity contribution in [1.82, 2.24) is 15.0 Å². The lowest BCUT2D eigenvalue weighted by atomic mass is 10.0. The highest BCUT2D eigenvalue weighted by atomic mass is 35.5. The van der Waals surface area contributed by atoms with Crippen molar-refractivity contribution in [3.8, 4) is 22.6 Å². The third-order valence-electron chi connectivity index (χ3n) is 3.35. The van der Waals surface area contributed by atoms with E-state index in [0.717, 1.165) is 16.8 Å². The van der Waals surface area contributed by atoms with Crippen LogP contribution in [0.5, 0.6) is 0 Å². The summed E-state index contributed by atoms with van der Waals surface area (Å²) in [6.07, 6.45) is 3.03. The summed E-state index contributed by atoms with van der Waals surface area (Å²) < 4.78 is 0. The van der Waals surface area contributed by atoms with E-state index in [2.05, 4.69) is 15.0 Å². The number of aromatic amines is 1. The van der Waals surface area contributed by atoms with Gasteiger partial charge in [0.2, 0.25) is 0 Å². The van der Waals surface area contributed by atoms with Crippen molar-refractivity contribution in [2.24, 2.45) is 0 Å². The van der Waals surface area contributed by atoms with Crippen LogP contribution in [0.4, 0.5) is 0 Å². The van der Waals surface area contributed by atoms with Crippen LogP contribution >= 0.6 is 11.6 Å². The van der Waals surface area contributed by atoms with Gasteiger partial charge in [-0.15, -0.1) is 0 Å². The van der Waals surface area contributed by atoms with Crippen LogP contribution in [0.15, 0.2) is 42.9 Å². The lowest BCUT2D eigenvalue weighted by Gasteiger charge is -2.07. The predicted molar refractivity (Wildman–Crippen MR) is 84.0 cm³/mol. The molecule has 1 aromatic carbocycles. The number of halogens is 1. The number of H-pyrrole nitrogens is 1. The Morgan fingerprint density at radius 2 is 2.05 bits per heavy atom. The van der Waals surface area contributed by atoms with Gasteiger partial charge in [-0.25, -0.2) is 9.78 Å². The zero-order valence-electron chi connectivity index (χ0n) is 11.7. The molecule has 5 nitrogen and oxygen atoms in total. The van der Waals surface area contributed by atoms with Gasteiger partial charge in [-0.1, -0.05) is 17.7 Å². The number of aromatic carboxylic acids is 1. The summed E-state index contributed by atoms with van der Waals surface area (Å²) in [6.45, 7) is 1.95. The molecule has 0 saturated carbocycles. The number of aryl methyl sites for hydroxylation is 1. The number of nitrogens with zero attached hydrogens (tertiary/aromatic N) is 2. The fourth-order valence-corrected chi connectivity index (χ4v) is 2.52. The van der Waals surface area contributed by atoms with Crippen molar-refractivity contribution >= 4 is 17.6 Å². The van der Waals surface area contributed by atoms with Gasteiger partial charge in [-0.2, -0.15) is 0 Å². The van der Waals surface area contributed by atoms with Gasteiger partial charge in [-0.05, 0) is 36.8 Å². The summed E-state index contributed by atoms with van der Waals surface area (Å²) in [7, 11) is 0. The van der Waals surface area contributed by atoms with E-state index in [4.69, 9.17) is 16.7 Å². The predicted octanol–water partition coefficient (Wildman–Crippen LogP) is 3.80. The van der Waals surface area contributed by atoms with Gasteiger partial charge in [0.05, 0.1) is 23.3 Å². The number of aromatic nitrogens is 3. The molecule has 2 heterocycles. The molecule has 0 fully saturated rings. The number of carbonyl (C=O) groups is 1. The average molecular weight is 314 g/mol. The Morgan fingerprint density at radius 3 is 2.77 bits per heavy atom. The summed E-state index contributed by atoms with van der Waals surface area (Å²) in [5.74, 6) is -0.997. The van der Waals surface area contributed by atoms with Crippen LogP contribution in [0.3, 0.4) is 0 Å². The molecule has 0 unspecified atom stereocenters. The maximum Gasteiger partial charge on any atom is 0.335 e. The number of nitrogens with one attached hydrogen (secondary N) is 1. The van der Waals surface area contributed by atoms with Gasteiger partial charge >= 0.3 is 5.97 Å². The van der Waals surface area contributed by atoms with E-state index in [0.29, 0.717) is 16.4 Å². The van der Waals surface area contributed by atoms with E-state index in [1.54, 1.807) is 12.4 Å². The second-order valence-electron chi connectivity index (χ2n) is 4.82. The van der Waals surface area contributed by atoms with Crippen LogP contribution in [0.2, 0.25) is 5.02 Å². The molecular weight excluding hydrogens is 302 g/mol. The maximum absolute atomic E-state index is 11.1. The molecule has 3 aromatic rings. The highest BCUT2D eigenvalue weighted by Gasteiger charge is 2.15. The Kier molecular flexibility index (Phi) is 3.65. The molecule has 0 bridgehead atoms. The largest absolute Gasteiger partial charge is 0.478 e. The van der Waals surface area contributed by atoms with Crippen LogP contribution in [0.25, 0.3) is 22.6 Å². The van der Waals surface area contributed by atoms with E-state index in [1.807, 2.05) is 19.1 Å². The number of benzene rings is 1. The summed E-state index contributed by atoms with van der Waals surface area (Å²) in [4.78, 5) is 22.7. The van der Waals surface area contributed by atoms with Crippen molar-refractivity contribution in [2.45, 2.75) is 6.92 Å². The summed E-state index contributed by atoms with van der Waals surface area (Å²) in [6, 6.07) is 8.52. The molecule has 0 aliphatic carbocycles. The van der Waals surface area contributed by atoms with Gasteiger partial charge in [0.15, 0.2) is 0 Å². The zero-order chi connectivity index (χ0) is 15.7. The molecule has 6 heteroatoms. The molecule has 2 aromatic heterocycles. The Morgan fingerprint density at radius 1 is 1.23 bits per heavy atom. The Bertz CT molecular complexity index is 858. The van der Waals surface area contributed by atoms with Gasteiger partial charge in [0, 0.05) is 16.8 Å². The minimum absolute atomic E-state index is 0.173. The van der Waals surface area contributed by atoms with Crippen molar-refractivity contribution in [3.05, 3.63) is 59.0 Å². The minimum Gasteiger partial charge on any atom is -0.478 e. The molecule has 0 aliphatic rings. The first-order valence-electron chi connectivity index (χ1n) is 6.56. The standard InChI is InChI=1S/C16H12ClN3O2/c1-9-6-11(17)2-3-12(9)14-15(20-8-19-14)13-7-10(16(21)22)4-5-18-13/h2-8H,1H3,(H,19,20)(H,21,22). The normalized spacial score (nSPS) is 10.6. The smallest absolute Gasteiger partial charge is 0.335 e. The summed E-state index contributed by atoms with van der Waals surface area (Å²) in [5, 5.41) is 9.76.